The zero-order valence-electron chi connectivity index (χ0n) is 18.0. The van der Waals surface area contributed by atoms with E-state index >= 15 is 0 Å². The van der Waals surface area contributed by atoms with Crippen LogP contribution < -0.4 is 0 Å². The molecule has 1 unspecified atom stereocenters. The zero-order chi connectivity index (χ0) is 20.5. The summed E-state index contributed by atoms with van der Waals surface area (Å²) in [4.78, 5) is 18.0. The van der Waals surface area contributed by atoms with Crippen LogP contribution in [0.1, 0.15) is 63.0 Å². The van der Waals surface area contributed by atoms with Gasteiger partial charge in [-0.05, 0) is 41.8 Å². The van der Waals surface area contributed by atoms with E-state index in [1.165, 1.54) is 5.56 Å². The fourth-order valence-corrected chi connectivity index (χ4v) is 4.77. The van der Waals surface area contributed by atoms with Crippen LogP contribution in [0.25, 0.3) is 0 Å². The second-order valence-electron chi connectivity index (χ2n) is 9.49. The van der Waals surface area contributed by atoms with Crippen molar-refractivity contribution in [3.63, 3.8) is 0 Å². The van der Waals surface area contributed by atoms with Gasteiger partial charge in [-0.15, -0.1) is 0 Å². The Hall–Kier alpha value is -1.78. The minimum Gasteiger partial charge on any atom is -0.404 e. The Bertz CT molecular complexity index is 771. The van der Waals surface area contributed by atoms with Crippen molar-refractivity contribution in [2.24, 2.45) is 5.41 Å². The highest BCUT2D eigenvalue weighted by molar-refractivity contribution is 6.49. The molecule has 0 radical (unpaired) electrons. The average Bonchev–Trinajstić information content (AvgIpc) is 2.58. The highest BCUT2D eigenvalue weighted by Crippen LogP contribution is 2.45. The second kappa shape index (κ2) is 7.68. The van der Waals surface area contributed by atoms with Crippen molar-refractivity contribution in [3.8, 4) is 0 Å². The van der Waals surface area contributed by atoms with E-state index in [1.54, 1.807) is 12.4 Å². The molecule has 0 N–H and O–H groups in total. The number of rotatable bonds is 5. The molecular weight excluding hydrogens is 350 g/mol. The van der Waals surface area contributed by atoms with Gasteiger partial charge < -0.3 is 4.43 Å². The monoisotopic (exact) mass is 383 g/mol. The number of carbonyl (C=O) groups is 1. The minimum atomic E-state index is -1.52. The van der Waals surface area contributed by atoms with E-state index in [2.05, 4.69) is 71.8 Å². The maximum atomic E-state index is 13.9. The molecule has 1 aromatic heterocycles. The van der Waals surface area contributed by atoms with Crippen LogP contribution in [0, 0.1) is 5.41 Å². The van der Waals surface area contributed by atoms with Gasteiger partial charge in [0, 0.05) is 23.4 Å². The predicted molar refractivity (Wildman–Crippen MR) is 115 cm³/mol. The number of benzene rings is 1. The van der Waals surface area contributed by atoms with Gasteiger partial charge in [0.05, 0.1) is 0 Å². The van der Waals surface area contributed by atoms with Crippen molar-refractivity contribution in [2.75, 3.05) is 0 Å². The molecular formula is C23H33NO2Si. The van der Waals surface area contributed by atoms with Gasteiger partial charge in [-0.25, -0.2) is 0 Å². The number of ketones is 1. The Balaban J connectivity index is 2.64. The minimum absolute atomic E-state index is 0.0165. The summed E-state index contributed by atoms with van der Waals surface area (Å²) in [5.41, 5.74) is 1.38. The van der Waals surface area contributed by atoms with E-state index in [4.69, 9.17) is 4.43 Å². The van der Waals surface area contributed by atoms with E-state index < -0.39 is 20.1 Å². The number of hydrogen-bond acceptors (Lipinski definition) is 3. The third-order valence-electron chi connectivity index (χ3n) is 4.89. The lowest BCUT2D eigenvalue weighted by molar-refractivity contribution is -0.0192. The first-order valence-corrected chi connectivity index (χ1v) is 12.4. The third kappa shape index (κ3) is 4.38. The molecule has 2 rings (SSSR count). The summed E-state index contributed by atoms with van der Waals surface area (Å²) < 4.78 is 6.56. The van der Waals surface area contributed by atoms with Crippen molar-refractivity contribution >= 4 is 14.8 Å². The Morgan fingerprint density at radius 2 is 1.37 bits per heavy atom. The van der Waals surface area contributed by atoms with E-state index in [9.17, 15) is 4.79 Å². The van der Waals surface area contributed by atoms with Crippen LogP contribution in [0.5, 0.6) is 0 Å². The highest BCUT2D eigenvalue weighted by atomic mass is 28.3. The lowest BCUT2D eigenvalue weighted by atomic mass is 9.68. The molecule has 2 aromatic rings. The topological polar surface area (TPSA) is 39.2 Å². The molecule has 0 bridgehead atoms. The number of Topliss-reactive ketones (excluding diaryl/α,β-unsaturated/α-hetero) is 1. The van der Waals surface area contributed by atoms with Crippen LogP contribution in [0.15, 0.2) is 48.8 Å². The van der Waals surface area contributed by atoms with E-state index in [0.29, 0.717) is 5.56 Å². The molecule has 1 heterocycles. The normalized spacial score (nSPS) is 14.9. The summed E-state index contributed by atoms with van der Waals surface area (Å²) in [5, 5.41) is 0. The zero-order valence-corrected chi connectivity index (χ0v) is 19.1. The van der Waals surface area contributed by atoms with Crippen molar-refractivity contribution < 1.29 is 9.22 Å². The van der Waals surface area contributed by atoms with Crippen molar-refractivity contribution in [2.45, 2.75) is 65.7 Å². The Kier molecular flexibility index (Phi) is 6.12. The van der Waals surface area contributed by atoms with Crippen LogP contribution in [-0.4, -0.2) is 19.8 Å². The number of nitrogens with zero attached hydrogens (tertiary/aromatic N) is 1. The fraction of sp³-hybridized carbons (Fsp3) is 0.478. The van der Waals surface area contributed by atoms with Crippen LogP contribution in [0.4, 0.5) is 0 Å². The molecule has 0 amide bonds. The summed E-state index contributed by atoms with van der Waals surface area (Å²) in [6, 6.07) is 11.8. The average molecular weight is 384 g/mol. The summed E-state index contributed by atoms with van der Waals surface area (Å²) in [6.45, 7) is 17.0. The molecule has 0 fully saturated rings. The van der Waals surface area contributed by atoms with Crippen LogP contribution in [0.3, 0.4) is 0 Å². The van der Waals surface area contributed by atoms with Crippen molar-refractivity contribution in [1.82, 2.24) is 4.98 Å². The molecule has 27 heavy (non-hydrogen) atoms. The molecule has 0 saturated heterocycles. The third-order valence-corrected chi connectivity index (χ3v) is 5.71. The lowest BCUT2D eigenvalue weighted by Crippen LogP contribution is -2.51. The molecule has 4 heteroatoms. The van der Waals surface area contributed by atoms with Gasteiger partial charge in [-0.1, -0.05) is 65.8 Å². The molecule has 0 aliphatic heterocycles. The predicted octanol–water partition coefficient (Wildman–Crippen LogP) is 5.50. The smallest absolute Gasteiger partial charge is 0.198 e. The Labute approximate surface area is 165 Å². The van der Waals surface area contributed by atoms with Gasteiger partial charge in [-0.2, -0.15) is 0 Å². The Morgan fingerprint density at radius 3 is 1.78 bits per heavy atom. The van der Waals surface area contributed by atoms with Crippen molar-refractivity contribution in [1.29, 1.82) is 0 Å². The van der Waals surface area contributed by atoms with Gasteiger partial charge in [0.1, 0.15) is 5.60 Å². The van der Waals surface area contributed by atoms with Crippen LogP contribution >= 0.6 is 0 Å². The molecule has 1 atom stereocenters. The van der Waals surface area contributed by atoms with Gasteiger partial charge in [-0.3, -0.25) is 9.78 Å². The molecule has 0 aliphatic carbocycles. The van der Waals surface area contributed by atoms with E-state index in [-0.39, 0.29) is 11.2 Å². The molecule has 0 aliphatic rings. The summed E-state index contributed by atoms with van der Waals surface area (Å²) in [5.74, 6) is 0.0165. The van der Waals surface area contributed by atoms with E-state index in [1.807, 2.05) is 24.3 Å². The molecule has 1 aromatic carbocycles. The van der Waals surface area contributed by atoms with Crippen molar-refractivity contribution in [3.05, 3.63) is 65.5 Å². The van der Waals surface area contributed by atoms with E-state index in [0.717, 1.165) is 5.56 Å². The Morgan fingerprint density at radius 1 is 0.852 bits per heavy atom. The first-order chi connectivity index (χ1) is 12.4. The van der Waals surface area contributed by atoms with Crippen LogP contribution in [0.2, 0.25) is 13.1 Å². The number of carbonyl (C=O) groups excluding carboxylic acids is 1. The maximum absolute atomic E-state index is 13.9. The number of pyridine rings is 1. The SMILES string of the molecule is C[SiH](C)OC(C(=O)c1ccc(C(C)(C)C)cc1)(c1ccncc1)C(C)(C)C. The largest absolute Gasteiger partial charge is 0.404 e. The number of aromatic nitrogens is 1. The highest BCUT2D eigenvalue weighted by Gasteiger charge is 2.51. The first kappa shape index (κ1) is 21.5. The van der Waals surface area contributed by atoms with Crippen LogP contribution in [-0.2, 0) is 15.4 Å². The van der Waals surface area contributed by atoms with Gasteiger partial charge in [0.2, 0.25) is 0 Å². The summed E-state index contributed by atoms with van der Waals surface area (Å²) >= 11 is 0. The summed E-state index contributed by atoms with van der Waals surface area (Å²) in [7, 11) is -1.52. The lowest BCUT2D eigenvalue weighted by Gasteiger charge is -2.45. The van der Waals surface area contributed by atoms with Gasteiger partial charge in [0.25, 0.3) is 0 Å². The second-order valence-corrected chi connectivity index (χ2v) is 11.8. The fourth-order valence-electron chi connectivity index (χ4n) is 3.47. The van der Waals surface area contributed by atoms with Gasteiger partial charge in [0.15, 0.2) is 14.8 Å². The maximum Gasteiger partial charge on any atom is 0.198 e. The molecule has 146 valence electrons. The van der Waals surface area contributed by atoms with Gasteiger partial charge >= 0.3 is 0 Å². The molecule has 0 spiro atoms. The molecule has 3 nitrogen and oxygen atoms in total. The standard InChI is InChI=1S/C23H33NO2Si/c1-21(2,3)18-11-9-17(10-12-18)20(25)23(22(4,5)6,26-27(7)8)19-13-15-24-16-14-19/h9-16,27H,1-8H3. The summed E-state index contributed by atoms with van der Waals surface area (Å²) in [6.07, 6.45) is 3.47. The quantitative estimate of drug-likeness (QED) is 0.505. The first-order valence-electron chi connectivity index (χ1n) is 9.63. The number of hydrogen-bond donors (Lipinski definition) is 0. The molecule has 0 saturated carbocycles.